The molecule has 0 bridgehead atoms. The molecular formula is C18H22N4O2S. The first-order chi connectivity index (χ1) is 12.2. The van der Waals surface area contributed by atoms with Crippen LogP contribution in [0.15, 0.2) is 29.9 Å². The molecule has 6 nitrogen and oxygen atoms in total. The van der Waals surface area contributed by atoms with E-state index in [0.717, 1.165) is 43.1 Å². The molecule has 2 fully saturated rings. The fraction of sp³-hybridized carbons (Fsp3) is 0.500. The van der Waals surface area contributed by atoms with Crippen LogP contribution in [0.4, 0.5) is 5.69 Å². The van der Waals surface area contributed by atoms with E-state index in [2.05, 4.69) is 25.6 Å². The molecule has 2 aromatic rings. The third-order valence-electron chi connectivity index (χ3n) is 4.89. The highest BCUT2D eigenvalue weighted by atomic mass is 32.1. The van der Waals surface area contributed by atoms with Crippen LogP contribution in [0.2, 0.25) is 0 Å². The van der Waals surface area contributed by atoms with Gasteiger partial charge in [-0.05, 0) is 38.3 Å². The Morgan fingerprint density at radius 3 is 3.12 bits per heavy atom. The summed E-state index contributed by atoms with van der Waals surface area (Å²) >= 11 is 1.72. The fourth-order valence-corrected chi connectivity index (χ4v) is 4.51. The first-order valence-electron chi connectivity index (χ1n) is 8.70. The van der Waals surface area contributed by atoms with E-state index in [-0.39, 0.29) is 18.1 Å². The number of aryl methyl sites for hydroxylation is 1. The van der Waals surface area contributed by atoms with Crippen molar-refractivity contribution in [2.24, 2.45) is 0 Å². The van der Waals surface area contributed by atoms with E-state index in [4.69, 9.17) is 4.74 Å². The number of thiazole rings is 1. The number of carbonyl (C=O) groups is 1. The molecule has 0 radical (unpaired) electrons. The molecule has 1 N–H and O–H groups in total. The molecule has 7 heteroatoms. The fourth-order valence-electron chi connectivity index (χ4n) is 3.71. The smallest absolute Gasteiger partial charge is 0.253 e. The molecule has 0 saturated carbocycles. The van der Waals surface area contributed by atoms with Crippen LogP contribution in [0.1, 0.15) is 30.0 Å². The highest BCUT2D eigenvalue weighted by Gasteiger charge is 2.41. The van der Waals surface area contributed by atoms with Crippen LogP contribution in [0.5, 0.6) is 0 Å². The summed E-state index contributed by atoms with van der Waals surface area (Å²) in [7, 11) is 0. The minimum Gasteiger partial charge on any atom is -0.363 e. The molecular weight excluding hydrogens is 336 g/mol. The SMILES string of the molecule is Cc1csc(CN2CC[C@@H]3O[C@@H](C(=O)Nc4cccnc4)CC[C@@H]32)n1. The van der Waals surface area contributed by atoms with Gasteiger partial charge in [-0.25, -0.2) is 4.98 Å². The molecule has 25 heavy (non-hydrogen) atoms. The van der Waals surface area contributed by atoms with E-state index in [0.29, 0.717) is 11.7 Å². The lowest BCUT2D eigenvalue weighted by Gasteiger charge is -2.35. The Labute approximate surface area is 151 Å². The summed E-state index contributed by atoms with van der Waals surface area (Å²) in [6.45, 7) is 3.92. The maximum atomic E-state index is 12.4. The molecule has 0 aromatic carbocycles. The number of likely N-dealkylation sites (tertiary alicyclic amines) is 1. The summed E-state index contributed by atoms with van der Waals surface area (Å²) in [6, 6.07) is 4.04. The predicted octanol–water partition coefficient (Wildman–Crippen LogP) is 2.61. The van der Waals surface area contributed by atoms with Gasteiger partial charge in [0, 0.05) is 29.9 Å². The van der Waals surface area contributed by atoms with Crippen molar-refractivity contribution in [2.45, 2.75) is 51.0 Å². The zero-order valence-electron chi connectivity index (χ0n) is 14.2. The Morgan fingerprint density at radius 2 is 2.36 bits per heavy atom. The van der Waals surface area contributed by atoms with Crippen LogP contribution in [0.25, 0.3) is 0 Å². The average molecular weight is 358 g/mol. The third kappa shape index (κ3) is 3.73. The van der Waals surface area contributed by atoms with Crippen LogP contribution in [-0.2, 0) is 16.1 Å². The standard InChI is InChI=1S/C18H22N4O2S/c1-12-11-25-17(20-12)10-22-8-6-15-14(22)4-5-16(24-15)18(23)21-13-3-2-7-19-9-13/h2-3,7,9,11,14-16H,4-6,8,10H2,1H3,(H,21,23)/t14-,15-,16+/m0/s1. The van der Waals surface area contributed by atoms with Gasteiger partial charge in [-0.3, -0.25) is 14.7 Å². The minimum atomic E-state index is -0.372. The van der Waals surface area contributed by atoms with Gasteiger partial charge in [0.2, 0.25) is 0 Å². The second-order valence-electron chi connectivity index (χ2n) is 6.68. The molecule has 0 aliphatic carbocycles. The Balaban J connectivity index is 1.34. The van der Waals surface area contributed by atoms with Crippen molar-refractivity contribution >= 4 is 22.9 Å². The number of fused-ring (bicyclic) bond motifs is 1. The van der Waals surface area contributed by atoms with Crippen molar-refractivity contribution in [3.8, 4) is 0 Å². The number of ether oxygens (including phenoxy) is 1. The molecule has 1 amide bonds. The minimum absolute atomic E-state index is 0.0690. The highest BCUT2D eigenvalue weighted by molar-refractivity contribution is 7.09. The van der Waals surface area contributed by atoms with Crippen molar-refractivity contribution in [1.29, 1.82) is 0 Å². The molecule has 2 saturated heterocycles. The maximum absolute atomic E-state index is 12.4. The van der Waals surface area contributed by atoms with Crippen LogP contribution in [0, 0.1) is 6.92 Å². The van der Waals surface area contributed by atoms with Crippen molar-refractivity contribution in [2.75, 3.05) is 11.9 Å². The number of pyridine rings is 1. The Bertz CT molecular complexity index is 736. The average Bonchev–Trinajstić information content (AvgIpc) is 3.22. The van der Waals surface area contributed by atoms with Gasteiger partial charge in [0.05, 0.1) is 24.5 Å². The molecule has 0 unspecified atom stereocenters. The Kier molecular flexibility index (Phi) is 4.78. The number of anilines is 1. The van der Waals surface area contributed by atoms with Crippen molar-refractivity contribution in [3.63, 3.8) is 0 Å². The monoisotopic (exact) mass is 358 g/mol. The first-order valence-corrected chi connectivity index (χ1v) is 9.58. The van der Waals surface area contributed by atoms with E-state index in [1.165, 1.54) is 0 Å². The summed E-state index contributed by atoms with van der Waals surface area (Å²) in [5.41, 5.74) is 1.80. The quantitative estimate of drug-likeness (QED) is 0.910. The first kappa shape index (κ1) is 16.6. The summed E-state index contributed by atoms with van der Waals surface area (Å²) in [5.74, 6) is -0.0690. The lowest BCUT2D eigenvalue weighted by atomic mass is 9.98. The predicted molar refractivity (Wildman–Crippen MR) is 96.4 cm³/mol. The number of hydrogen-bond donors (Lipinski definition) is 1. The molecule has 2 aromatic heterocycles. The van der Waals surface area contributed by atoms with E-state index >= 15 is 0 Å². The zero-order chi connectivity index (χ0) is 17.2. The number of carbonyl (C=O) groups excluding carboxylic acids is 1. The second kappa shape index (κ2) is 7.19. The zero-order valence-corrected chi connectivity index (χ0v) is 15.0. The number of rotatable bonds is 4. The van der Waals surface area contributed by atoms with Gasteiger partial charge in [0.15, 0.2) is 0 Å². The molecule has 3 atom stereocenters. The number of amides is 1. The van der Waals surface area contributed by atoms with E-state index in [1.807, 2.05) is 19.1 Å². The van der Waals surface area contributed by atoms with E-state index in [9.17, 15) is 4.79 Å². The molecule has 2 aliphatic rings. The normalized spacial score (nSPS) is 26.4. The molecule has 4 rings (SSSR count). The van der Waals surface area contributed by atoms with Gasteiger partial charge in [0.25, 0.3) is 5.91 Å². The largest absolute Gasteiger partial charge is 0.363 e. The van der Waals surface area contributed by atoms with Crippen molar-refractivity contribution < 1.29 is 9.53 Å². The maximum Gasteiger partial charge on any atom is 0.253 e. The van der Waals surface area contributed by atoms with Crippen molar-refractivity contribution in [1.82, 2.24) is 14.9 Å². The van der Waals surface area contributed by atoms with Gasteiger partial charge in [-0.1, -0.05) is 0 Å². The van der Waals surface area contributed by atoms with Gasteiger partial charge in [-0.15, -0.1) is 11.3 Å². The van der Waals surface area contributed by atoms with Gasteiger partial charge >= 0.3 is 0 Å². The number of aromatic nitrogens is 2. The van der Waals surface area contributed by atoms with Crippen LogP contribution in [0.3, 0.4) is 0 Å². The second-order valence-corrected chi connectivity index (χ2v) is 7.62. The Morgan fingerprint density at radius 1 is 1.44 bits per heavy atom. The molecule has 132 valence electrons. The highest BCUT2D eigenvalue weighted by Crippen LogP contribution is 2.33. The lowest BCUT2D eigenvalue weighted by Crippen LogP contribution is -2.46. The molecule has 4 heterocycles. The van der Waals surface area contributed by atoms with Crippen LogP contribution in [-0.4, -0.2) is 45.6 Å². The molecule has 0 spiro atoms. The van der Waals surface area contributed by atoms with Crippen molar-refractivity contribution in [3.05, 3.63) is 40.6 Å². The number of nitrogens with one attached hydrogen (secondary N) is 1. The summed E-state index contributed by atoms with van der Waals surface area (Å²) < 4.78 is 6.13. The molecule has 2 aliphatic heterocycles. The summed E-state index contributed by atoms with van der Waals surface area (Å²) in [6.07, 6.45) is 5.82. The number of nitrogens with zero attached hydrogens (tertiary/aromatic N) is 3. The van der Waals surface area contributed by atoms with Gasteiger partial charge in [-0.2, -0.15) is 0 Å². The van der Waals surface area contributed by atoms with E-state index in [1.54, 1.807) is 23.7 Å². The van der Waals surface area contributed by atoms with Gasteiger partial charge in [0.1, 0.15) is 11.1 Å². The Hall–Kier alpha value is -1.83. The number of hydrogen-bond acceptors (Lipinski definition) is 6. The van der Waals surface area contributed by atoms with Crippen LogP contribution < -0.4 is 5.32 Å². The summed E-state index contributed by atoms with van der Waals surface area (Å²) in [4.78, 5) is 23.5. The topological polar surface area (TPSA) is 67.3 Å². The van der Waals surface area contributed by atoms with Crippen LogP contribution >= 0.6 is 11.3 Å². The summed E-state index contributed by atoms with van der Waals surface area (Å²) in [5, 5.41) is 6.15. The van der Waals surface area contributed by atoms with E-state index < -0.39 is 0 Å². The third-order valence-corrected chi connectivity index (χ3v) is 5.84. The van der Waals surface area contributed by atoms with Gasteiger partial charge < -0.3 is 10.1 Å². The lowest BCUT2D eigenvalue weighted by molar-refractivity contribution is -0.138.